The number of hydrogen-bond acceptors (Lipinski definition) is 3. The molecule has 1 aromatic carbocycles. The molecule has 128 valence electrons. The minimum atomic E-state index is -0.631. The van der Waals surface area contributed by atoms with Crippen LogP contribution in [-0.2, 0) is 9.59 Å². The summed E-state index contributed by atoms with van der Waals surface area (Å²) in [6, 6.07) is 4.07. The second-order valence-corrected chi connectivity index (χ2v) is 6.30. The van der Waals surface area contributed by atoms with Crippen LogP contribution in [0.2, 0.25) is 0 Å². The highest BCUT2D eigenvalue weighted by Crippen LogP contribution is 2.33. The highest BCUT2D eigenvalue weighted by atomic mass is 35.5. The highest BCUT2D eigenvalue weighted by molar-refractivity contribution is 6.01. The number of carbonyl (C=O) groups is 2. The summed E-state index contributed by atoms with van der Waals surface area (Å²) in [6.07, 6.45) is 0.0449. The number of fused-ring (bicyclic) bond motifs is 1. The maximum Gasteiger partial charge on any atom is 0.228 e. The summed E-state index contributed by atoms with van der Waals surface area (Å²) in [7, 11) is 0. The predicted molar refractivity (Wildman–Crippen MR) is 90.1 cm³/mol. The summed E-state index contributed by atoms with van der Waals surface area (Å²) in [5, 5.41) is 5.55. The van der Waals surface area contributed by atoms with Crippen LogP contribution in [0.4, 0.5) is 10.1 Å². The summed E-state index contributed by atoms with van der Waals surface area (Å²) in [4.78, 5) is 24.4. The molecule has 2 unspecified atom stereocenters. The molecular formula is C16H23ClFN3O2. The van der Waals surface area contributed by atoms with E-state index in [0.717, 1.165) is 0 Å². The smallest absolute Gasteiger partial charge is 0.228 e. The van der Waals surface area contributed by atoms with E-state index in [9.17, 15) is 14.0 Å². The van der Waals surface area contributed by atoms with E-state index in [1.54, 1.807) is 6.07 Å². The van der Waals surface area contributed by atoms with Gasteiger partial charge in [0.25, 0.3) is 0 Å². The molecule has 1 aromatic rings. The van der Waals surface area contributed by atoms with Crippen LogP contribution in [0.5, 0.6) is 0 Å². The molecule has 0 spiro atoms. The van der Waals surface area contributed by atoms with E-state index in [4.69, 9.17) is 5.73 Å². The number of anilines is 1. The normalized spacial score (nSPS) is 19.2. The third-order valence-corrected chi connectivity index (χ3v) is 4.48. The van der Waals surface area contributed by atoms with Crippen LogP contribution >= 0.6 is 12.4 Å². The predicted octanol–water partition coefficient (Wildman–Crippen LogP) is 2.16. The van der Waals surface area contributed by atoms with Crippen molar-refractivity contribution >= 4 is 29.9 Å². The first-order chi connectivity index (χ1) is 10.3. The number of amides is 2. The quantitative estimate of drug-likeness (QED) is 0.783. The Kier molecular flexibility index (Phi) is 6.13. The Bertz CT molecular complexity index is 609. The molecule has 0 aromatic heterocycles. The van der Waals surface area contributed by atoms with Gasteiger partial charge >= 0.3 is 0 Å². The number of nitrogens with one attached hydrogen (secondary N) is 2. The van der Waals surface area contributed by atoms with Gasteiger partial charge in [-0.15, -0.1) is 12.4 Å². The van der Waals surface area contributed by atoms with E-state index in [1.165, 1.54) is 12.1 Å². The number of benzene rings is 1. The van der Waals surface area contributed by atoms with E-state index in [1.807, 2.05) is 20.8 Å². The average Bonchev–Trinajstić information content (AvgIpc) is 2.45. The lowest BCUT2D eigenvalue weighted by Gasteiger charge is -2.36. The molecule has 4 N–H and O–H groups in total. The van der Waals surface area contributed by atoms with Crippen molar-refractivity contribution in [3.8, 4) is 0 Å². The monoisotopic (exact) mass is 343 g/mol. The number of hydrogen-bond donors (Lipinski definition) is 3. The van der Waals surface area contributed by atoms with Crippen molar-refractivity contribution in [2.45, 2.75) is 38.6 Å². The molecule has 7 heteroatoms. The Balaban J connectivity index is 0.00000264. The molecule has 1 aliphatic heterocycles. The first-order valence-electron chi connectivity index (χ1n) is 7.38. The molecule has 2 atom stereocenters. The van der Waals surface area contributed by atoms with Crippen molar-refractivity contribution in [3.63, 3.8) is 0 Å². The molecule has 0 aliphatic carbocycles. The molecule has 0 saturated heterocycles. The van der Waals surface area contributed by atoms with Crippen LogP contribution in [0.25, 0.3) is 0 Å². The third kappa shape index (κ3) is 4.00. The van der Waals surface area contributed by atoms with Crippen LogP contribution in [-0.4, -0.2) is 23.9 Å². The molecule has 2 amide bonds. The molecule has 2 rings (SSSR count). The third-order valence-electron chi connectivity index (χ3n) is 4.48. The molecule has 5 nitrogen and oxygen atoms in total. The van der Waals surface area contributed by atoms with Crippen molar-refractivity contribution in [3.05, 3.63) is 29.6 Å². The lowest BCUT2D eigenvalue weighted by molar-refractivity contribution is -0.128. The van der Waals surface area contributed by atoms with E-state index in [2.05, 4.69) is 10.6 Å². The summed E-state index contributed by atoms with van der Waals surface area (Å²) >= 11 is 0. The highest BCUT2D eigenvalue weighted by Gasteiger charge is 2.35. The fourth-order valence-electron chi connectivity index (χ4n) is 2.47. The van der Waals surface area contributed by atoms with Crippen molar-refractivity contribution < 1.29 is 14.0 Å². The SMILES string of the molecule is CC(C)C(C)(CN)NC(=O)C1CC(=O)Nc2cc(F)ccc21.Cl. The zero-order valence-corrected chi connectivity index (χ0v) is 14.3. The van der Waals surface area contributed by atoms with Gasteiger partial charge in [0.15, 0.2) is 0 Å². The Morgan fingerprint density at radius 1 is 1.52 bits per heavy atom. The van der Waals surface area contributed by atoms with Gasteiger partial charge in [0, 0.05) is 18.7 Å². The van der Waals surface area contributed by atoms with Crippen LogP contribution in [0.1, 0.15) is 38.7 Å². The van der Waals surface area contributed by atoms with Crippen molar-refractivity contribution in [1.29, 1.82) is 0 Å². The summed E-state index contributed by atoms with van der Waals surface area (Å²) < 4.78 is 13.3. The molecule has 0 saturated carbocycles. The van der Waals surface area contributed by atoms with Gasteiger partial charge < -0.3 is 16.4 Å². The largest absolute Gasteiger partial charge is 0.349 e. The second kappa shape index (κ2) is 7.27. The topological polar surface area (TPSA) is 84.2 Å². The fraction of sp³-hybridized carbons (Fsp3) is 0.500. The lowest BCUT2D eigenvalue weighted by atomic mass is 9.85. The van der Waals surface area contributed by atoms with Gasteiger partial charge in [-0.25, -0.2) is 4.39 Å². The van der Waals surface area contributed by atoms with Gasteiger partial charge in [0.05, 0.1) is 11.5 Å². The van der Waals surface area contributed by atoms with E-state index < -0.39 is 17.3 Å². The summed E-state index contributed by atoms with van der Waals surface area (Å²) in [5.41, 5.74) is 6.22. The number of nitrogens with two attached hydrogens (primary N) is 1. The molecular weight excluding hydrogens is 321 g/mol. The zero-order chi connectivity index (χ0) is 16.5. The molecule has 23 heavy (non-hydrogen) atoms. The first kappa shape index (κ1) is 19.4. The van der Waals surface area contributed by atoms with E-state index in [0.29, 0.717) is 17.8 Å². The van der Waals surface area contributed by atoms with Gasteiger partial charge in [-0.2, -0.15) is 0 Å². The maximum absolute atomic E-state index is 13.3. The number of halogens is 2. The van der Waals surface area contributed by atoms with Gasteiger partial charge in [0.2, 0.25) is 11.8 Å². The van der Waals surface area contributed by atoms with Crippen molar-refractivity contribution in [2.24, 2.45) is 11.7 Å². The average molecular weight is 344 g/mol. The minimum absolute atomic E-state index is 0. The Morgan fingerprint density at radius 2 is 2.17 bits per heavy atom. The zero-order valence-electron chi connectivity index (χ0n) is 13.5. The maximum atomic E-state index is 13.3. The Labute approximate surface area is 141 Å². The molecule has 1 aliphatic rings. The number of carbonyl (C=O) groups excluding carboxylic acids is 2. The van der Waals surface area contributed by atoms with Crippen molar-refractivity contribution in [2.75, 3.05) is 11.9 Å². The standard InChI is InChI=1S/C16H22FN3O2.ClH/c1-9(2)16(3,8-18)20-15(22)12-7-14(21)19-13-6-10(17)4-5-11(12)13;/h4-6,9,12H,7-8,18H2,1-3H3,(H,19,21)(H,20,22);1H. The molecule has 0 bridgehead atoms. The first-order valence-corrected chi connectivity index (χ1v) is 7.38. The summed E-state index contributed by atoms with van der Waals surface area (Å²) in [5.74, 6) is -1.49. The van der Waals surface area contributed by atoms with Crippen molar-refractivity contribution in [1.82, 2.24) is 5.32 Å². The minimum Gasteiger partial charge on any atom is -0.349 e. The lowest BCUT2D eigenvalue weighted by Crippen LogP contribution is -2.56. The van der Waals surface area contributed by atoms with Gasteiger partial charge in [-0.05, 0) is 30.5 Å². The Morgan fingerprint density at radius 3 is 2.74 bits per heavy atom. The van der Waals surface area contributed by atoms with Gasteiger partial charge in [-0.3, -0.25) is 9.59 Å². The molecule has 1 heterocycles. The van der Waals surface area contributed by atoms with E-state index >= 15 is 0 Å². The van der Waals surface area contributed by atoms with E-state index in [-0.39, 0.29) is 36.6 Å². The van der Waals surface area contributed by atoms with Crippen LogP contribution in [0, 0.1) is 11.7 Å². The van der Waals surface area contributed by atoms with Crippen LogP contribution in [0.15, 0.2) is 18.2 Å². The fourth-order valence-corrected chi connectivity index (χ4v) is 2.47. The van der Waals surface area contributed by atoms with Crippen LogP contribution < -0.4 is 16.4 Å². The molecule has 0 radical (unpaired) electrons. The van der Waals surface area contributed by atoms with Crippen LogP contribution in [0.3, 0.4) is 0 Å². The van der Waals surface area contributed by atoms with Gasteiger partial charge in [-0.1, -0.05) is 19.9 Å². The second-order valence-electron chi connectivity index (χ2n) is 6.30. The van der Waals surface area contributed by atoms with Gasteiger partial charge in [0.1, 0.15) is 5.82 Å². The molecule has 0 fully saturated rings. The Hall–Kier alpha value is -1.66. The number of rotatable bonds is 4. The summed E-state index contributed by atoms with van der Waals surface area (Å²) in [6.45, 7) is 6.13.